The summed E-state index contributed by atoms with van der Waals surface area (Å²) in [6.07, 6.45) is 2.31. The van der Waals surface area contributed by atoms with Crippen molar-refractivity contribution in [2.75, 3.05) is 39.4 Å². The van der Waals surface area contributed by atoms with Crippen molar-refractivity contribution in [2.24, 2.45) is 5.92 Å². The lowest BCUT2D eigenvalue weighted by Gasteiger charge is -2.29. The van der Waals surface area contributed by atoms with E-state index in [-0.39, 0.29) is 18.1 Å². The zero-order chi connectivity index (χ0) is 14.5. The van der Waals surface area contributed by atoms with Gasteiger partial charge in [-0.15, -0.1) is 0 Å². The molecule has 1 amide bonds. The topological polar surface area (TPSA) is 44.8 Å². The van der Waals surface area contributed by atoms with Gasteiger partial charge in [0.2, 0.25) is 5.91 Å². The summed E-state index contributed by atoms with van der Waals surface area (Å²) >= 11 is 0. The molecule has 116 valence electrons. The highest BCUT2D eigenvalue weighted by molar-refractivity contribution is 5.83. The number of ether oxygens (including phenoxy) is 1. The lowest BCUT2D eigenvalue weighted by Crippen LogP contribution is -2.41. The molecule has 0 saturated carbocycles. The molecule has 2 fully saturated rings. The van der Waals surface area contributed by atoms with Crippen LogP contribution in [0, 0.1) is 5.92 Å². The van der Waals surface area contributed by atoms with Crippen molar-refractivity contribution >= 4 is 5.91 Å². The number of amides is 1. The smallest absolute Gasteiger partial charge is 0.240 e. The van der Waals surface area contributed by atoms with Crippen LogP contribution < -0.4 is 5.32 Å². The maximum atomic E-state index is 12.2. The van der Waals surface area contributed by atoms with Gasteiger partial charge in [0.15, 0.2) is 0 Å². The summed E-state index contributed by atoms with van der Waals surface area (Å²) in [5.74, 6) is 0.866. The molecule has 2 atom stereocenters. The summed E-state index contributed by atoms with van der Waals surface area (Å²) in [5, 5.41) is 3.42. The van der Waals surface area contributed by atoms with Crippen LogP contribution in [0.5, 0.6) is 0 Å². The molecular weight excluding hydrogens is 254 g/mol. The molecule has 0 aromatic rings. The predicted molar refractivity (Wildman–Crippen MR) is 79.4 cm³/mol. The van der Waals surface area contributed by atoms with Gasteiger partial charge >= 0.3 is 0 Å². The Bertz CT molecular complexity index is 316. The molecule has 0 bridgehead atoms. The van der Waals surface area contributed by atoms with Gasteiger partial charge in [-0.1, -0.05) is 13.8 Å². The molecule has 2 aliphatic heterocycles. The molecule has 5 nitrogen and oxygen atoms in total. The molecule has 2 heterocycles. The minimum atomic E-state index is -0.0258. The van der Waals surface area contributed by atoms with Crippen LogP contribution in [0.15, 0.2) is 0 Å². The molecule has 20 heavy (non-hydrogen) atoms. The highest BCUT2D eigenvalue weighted by Crippen LogP contribution is 2.18. The fraction of sp³-hybridized carbons (Fsp3) is 0.933. The van der Waals surface area contributed by atoms with Gasteiger partial charge in [0.25, 0.3) is 0 Å². The Morgan fingerprint density at radius 1 is 1.30 bits per heavy atom. The highest BCUT2D eigenvalue weighted by atomic mass is 16.5. The van der Waals surface area contributed by atoms with Gasteiger partial charge in [0.1, 0.15) is 0 Å². The van der Waals surface area contributed by atoms with Gasteiger partial charge in [-0.25, -0.2) is 0 Å². The Morgan fingerprint density at radius 2 is 2.00 bits per heavy atom. The number of nitrogens with zero attached hydrogens (tertiary/aromatic N) is 2. The molecule has 2 aliphatic rings. The normalized spacial score (nSPS) is 28.6. The number of rotatable bonds is 6. The van der Waals surface area contributed by atoms with Crippen molar-refractivity contribution in [3.8, 4) is 0 Å². The van der Waals surface area contributed by atoms with Crippen LogP contribution >= 0.6 is 0 Å². The van der Waals surface area contributed by atoms with E-state index in [1.165, 1.54) is 0 Å². The molecule has 0 aromatic carbocycles. The molecule has 0 aliphatic carbocycles. The Kier molecular flexibility index (Phi) is 5.81. The van der Waals surface area contributed by atoms with E-state index in [0.29, 0.717) is 5.92 Å². The van der Waals surface area contributed by atoms with E-state index < -0.39 is 0 Å². The van der Waals surface area contributed by atoms with Crippen molar-refractivity contribution in [3.63, 3.8) is 0 Å². The largest absolute Gasteiger partial charge is 0.379 e. The Balaban J connectivity index is 1.77. The molecule has 2 rings (SSSR count). The Hall–Kier alpha value is -0.650. The Morgan fingerprint density at radius 3 is 2.65 bits per heavy atom. The Labute approximate surface area is 122 Å². The summed E-state index contributed by atoms with van der Waals surface area (Å²) in [5.41, 5.74) is 0. The quantitative estimate of drug-likeness (QED) is 0.787. The van der Waals surface area contributed by atoms with Crippen molar-refractivity contribution in [2.45, 2.75) is 45.8 Å². The first-order chi connectivity index (χ1) is 9.58. The summed E-state index contributed by atoms with van der Waals surface area (Å²) < 4.78 is 5.36. The van der Waals surface area contributed by atoms with Gasteiger partial charge in [-0.3, -0.25) is 15.0 Å². The van der Waals surface area contributed by atoms with Gasteiger partial charge in [0.05, 0.1) is 25.4 Å². The predicted octanol–water partition coefficient (Wildman–Crippen LogP) is 0.901. The van der Waals surface area contributed by atoms with Crippen LogP contribution in [-0.2, 0) is 9.53 Å². The average Bonchev–Trinajstić information content (AvgIpc) is 2.67. The van der Waals surface area contributed by atoms with Crippen molar-refractivity contribution in [3.05, 3.63) is 0 Å². The van der Waals surface area contributed by atoms with E-state index in [4.69, 9.17) is 4.74 Å². The van der Waals surface area contributed by atoms with Crippen molar-refractivity contribution in [1.29, 1.82) is 0 Å². The number of hydrogen-bond donors (Lipinski definition) is 1. The first-order valence-electron chi connectivity index (χ1n) is 7.94. The minimum absolute atomic E-state index is 0.0258. The van der Waals surface area contributed by atoms with Crippen molar-refractivity contribution < 1.29 is 9.53 Å². The average molecular weight is 283 g/mol. The third kappa shape index (κ3) is 4.17. The first-order valence-corrected chi connectivity index (χ1v) is 7.94. The third-order valence-corrected chi connectivity index (χ3v) is 4.14. The lowest BCUT2D eigenvalue weighted by atomic mass is 10.1. The number of carbonyl (C=O) groups is 1. The molecule has 1 N–H and O–H groups in total. The van der Waals surface area contributed by atoms with E-state index in [0.717, 1.165) is 52.2 Å². The molecule has 2 saturated heterocycles. The minimum Gasteiger partial charge on any atom is -0.379 e. The monoisotopic (exact) mass is 283 g/mol. The maximum Gasteiger partial charge on any atom is 0.240 e. The molecule has 0 radical (unpaired) electrons. The standard InChI is InChI=1S/C15H29N3O2/c1-12(2)11-14-16-13(3)15(19)18(14)6-4-5-17-7-9-20-10-8-17/h12-14,16H,4-11H2,1-3H3. The number of carbonyl (C=O) groups excluding carboxylic acids is 1. The fourth-order valence-electron chi connectivity index (χ4n) is 3.05. The molecule has 5 heteroatoms. The zero-order valence-corrected chi connectivity index (χ0v) is 13.1. The second-order valence-corrected chi connectivity index (χ2v) is 6.37. The van der Waals surface area contributed by atoms with Gasteiger partial charge in [-0.2, -0.15) is 0 Å². The number of morpholine rings is 1. The number of nitrogens with one attached hydrogen (secondary N) is 1. The van der Waals surface area contributed by atoms with Gasteiger partial charge in [0, 0.05) is 26.2 Å². The zero-order valence-electron chi connectivity index (χ0n) is 13.1. The van der Waals surface area contributed by atoms with E-state index in [9.17, 15) is 4.79 Å². The summed E-state index contributed by atoms with van der Waals surface area (Å²) in [6, 6.07) is -0.0258. The molecule has 2 unspecified atom stereocenters. The second-order valence-electron chi connectivity index (χ2n) is 6.37. The summed E-state index contributed by atoms with van der Waals surface area (Å²) in [6.45, 7) is 12.1. The van der Waals surface area contributed by atoms with Crippen molar-refractivity contribution in [1.82, 2.24) is 15.1 Å². The summed E-state index contributed by atoms with van der Waals surface area (Å²) in [4.78, 5) is 16.7. The van der Waals surface area contributed by atoms with Crippen LogP contribution in [0.25, 0.3) is 0 Å². The fourth-order valence-corrected chi connectivity index (χ4v) is 3.05. The van der Waals surface area contributed by atoms with E-state index >= 15 is 0 Å². The molecule has 0 spiro atoms. The van der Waals surface area contributed by atoms with Crippen LogP contribution in [0.2, 0.25) is 0 Å². The lowest BCUT2D eigenvalue weighted by molar-refractivity contribution is -0.130. The van der Waals surface area contributed by atoms with E-state index in [1.807, 2.05) is 11.8 Å². The van der Waals surface area contributed by atoms with Gasteiger partial charge in [-0.05, 0) is 25.7 Å². The maximum absolute atomic E-state index is 12.2. The van der Waals surface area contributed by atoms with E-state index in [2.05, 4.69) is 24.1 Å². The van der Waals surface area contributed by atoms with Crippen LogP contribution in [-0.4, -0.2) is 67.3 Å². The second kappa shape index (κ2) is 7.38. The van der Waals surface area contributed by atoms with E-state index in [1.54, 1.807) is 0 Å². The van der Waals surface area contributed by atoms with Crippen LogP contribution in [0.3, 0.4) is 0 Å². The molecule has 0 aromatic heterocycles. The number of hydrogen-bond acceptors (Lipinski definition) is 4. The summed E-state index contributed by atoms with van der Waals surface area (Å²) in [7, 11) is 0. The van der Waals surface area contributed by atoms with Crippen LogP contribution in [0.4, 0.5) is 0 Å². The van der Waals surface area contributed by atoms with Crippen LogP contribution in [0.1, 0.15) is 33.6 Å². The third-order valence-electron chi connectivity index (χ3n) is 4.14. The highest BCUT2D eigenvalue weighted by Gasteiger charge is 2.35. The SMILES string of the molecule is CC(C)CC1NC(C)C(=O)N1CCCN1CCOCC1. The first kappa shape index (κ1) is 15.7. The van der Waals surface area contributed by atoms with Gasteiger partial charge < -0.3 is 9.64 Å². The molecular formula is C15H29N3O2.